The zero-order valence-corrected chi connectivity index (χ0v) is 35.2. The standard InChI is InChI=1S/C41H69BSi3/c1-26(2)32-22-36(28(5)6)40(37(23-32)29(7)8)43(42-34-18-16-19-35(42)21-17-20-34)44(45(13,14)15)41-38(30(9)10)24-33(27(3)4)25-39(41)31(11)12/h22-31,34-35H,16-21H2,1-15H3. The molecule has 45 heavy (non-hydrogen) atoms. The first-order valence-electron chi connectivity index (χ1n) is 19.1. The molecule has 0 amide bonds. The first kappa shape index (κ1) is 37.0. The topological polar surface area (TPSA) is 0 Å². The molecule has 2 aliphatic rings. The van der Waals surface area contributed by atoms with Gasteiger partial charge in [0.2, 0.25) is 0 Å². The third-order valence-corrected chi connectivity index (χ3v) is 35.8. The molecule has 248 valence electrons. The predicted molar refractivity (Wildman–Crippen MR) is 212 cm³/mol. The van der Waals surface area contributed by atoms with E-state index < -0.39 is 22.8 Å². The van der Waals surface area contributed by atoms with Crippen molar-refractivity contribution in [3.05, 3.63) is 57.6 Å². The Morgan fingerprint density at radius 2 is 0.822 bits per heavy atom. The van der Waals surface area contributed by atoms with Crippen molar-refractivity contribution >= 4 is 39.4 Å². The average molecular weight is 657 g/mol. The van der Waals surface area contributed by atoms with E-state index in [2.05, 4.69) is 127 Å². The summed E-state index contributed by atoms with van der Waals surface area (Å²) in [5.41, 5.74) is 10.1. The van der Waals surface area contributed by atoms with E-state index in [1.165, 1.54) is 38.5 Å². The minimum absolute atomic E-state index is 0.569. The molecule has 0 N–H and O–H groups in total. The minimum atomic E-state index is -1.61. The molecule has 0 aromatic heterocycles. The molecule has 2 bridgehead atoms. The van der Waals surface area contributed by atoms with Crippen LogP contribution in [0.15, 0.2) is 24.3 Å². The van der Waals surface area contributed by atoms with E-state index in [0.717, 1.165) is 17.9 Å². The average Bonchev–Trinajstić information content (AvgIpc) is 2.93. The van der Waals surface area contributed by atoms with Gasteiger partial charge >= 0.3 is 0 Å². The molecule has 2 fully saturated rings. The minimum Gasteiger partial charge on any atom is -0.0691 e. The molecule has 0 atom stereocenters. The highest BCUT2D eigenvalue weighted by Gasteiger charge is 2.46. The van der Waals surface area contributed by atoms with Gasteiger partial charge in [-0.1, -0.05) is 177 Å². The lowest BCUT2D eigenvalue weighted by molar-refractivity contribution is 0.450. The molecule has 4 rings (SSSR count). The summed E-state index contributed by atoms with van der Waals surface area (Å²) in [7, 11) is -3.37. The zero-order chi connectivity index (χ0) is 33.5. The fraction of sp³-hybridized carbons (Fsp3) is 0.707. The Morgan fingerprint density at radius 3 is 1.09 bits per heavy atom. The van der Waals surface area contributed by atoms with E-state index in [4.69, 9.17) is 0 Å². The van der Waals surface area contributed by atoms with Gasteiger partial charge in [0.05, 0.1) is 7.59 Å². The van der Waals surface area contributed by atoms with Gasteiger partial charge in [-0.15, -0.1) is 0 Å². The first-order chi connectivity index (χ1) is 20.9. The molecule has 2 aliphatic heterocycles. The van der Waals surface area contributed by atoms with Crippen LogP contribution in [-0.2, 0) is 0 Å². The van der Waals surface area contributed by atoms with Crippen molar-refractivity contribution in [1.29, 1.82) is 0 Å². The van der Waals surface area contributed by atoms with Crippen LogP contribution in [0.2, 0.25) is 31.3 Å². The van der Waals surface area contributed by atoms with Crippen LogP contribution in [0, 0.1) is 0 Å². The van der Waals surface area contributed by atoms with Crippen LogP contribution in [-0.4, -0.2) is 29.1 Å². The smallest absolute Gasteiger partial charge is 0.0691 e. The van der Waals surface area contributed by atoms with E-state index in [-0.39, 0.29) is 0 Å². The highest BCUT2D eigenvalue weighted by molar-refractivity contribution is 7.57. The van der Waals surface area contributed by atoms with E-state index in [1.807, 2.05) is 10.4 Å². The van der Waals surface area contributed by atoms with Crippen LogP contribution in [0.3, 0.4) is 0 Å². The molecular weight excluding hydrogens is 588 g/mol. The van der Waals surface area contributed by atoms with E-state index in [9.17, 15) is 0 Å². The van der Waals surface area contributed by atoms with Gasteiger partial charge in [0.15, 0.2) is 6.31 Å². The van der Waals surface area contributed by atoms with Crippen molar-refractivity contribution in [2.24, 2.45) is 0 Å². The van der Waals surface area contributed by atoms with Crippen LogP contribution < -0.4 is 10.4 Å². The van der Waals surface area contributed by atoms with Crippen molar-refractivity contribution in [2.45, 2.75) is 188 Å². The van der Waals surface area contributed by atoms with Crippen molar-refractivity contribution in [3.63, 3.8) is 0 Å². The maximum absolute atomic E-state index is 2.81. The second-order valence-corrected chi connectivity index (χ2v) is 36.4. The summed E-state index contributed by atoms with van der Waals surface area (Å²) in [6, 6.07) is 10.9. The first-order valence-corrected chi connectivity index (χ1v) is 27.6. The Balaban J connectivity index is 2.34. The second-order valence-electron chi connectivity index (χ2n) is 18.0. The number of fused-ring (bicyclic) bond motifs is 2. The van der Waals surface area contributed by atoms with E-state index >= 15 is 0 Å². The van der Waals surface area contributed by atoms with Crippen molar-refractivity contribution in [1.82, 2.24) is 0 Å². The third-order valence-electron chi connectivity index (χ3n) is 11.5. The molecule has 0 nitrogen and oxygen atoms in total. The Bertz CT molecular complexity index is 1290. The van der Waals surface area contributed by atoms with Gasteiger partial charge < -0.3 is 0 Å². The molecule has 0 radical (unpaired) electrons. The summed E-state index contributed by atoms with van der Waals surface area (Å²) < 4.78 is 0. The fourth-order valence-electron chi connectivity index (χ4n) is 9.03. The van der Waals surface area contributed by atoms with Gasteiger partial charge in [0.1, 0.15) is 0 Å². The van der Waals surface area contributed by atoms with Crippen LogP contribution >= 0.6 is 0 Å². The Morgan fingerprint density at radius 1 is 0.511 bits per heavy atom. The second kappa shape index (κ2) is 14.7. The molecule has 2 saturated heterocycles. The third kappa shape index (κ3) is 7.74. The number of hydrogen-bond acceptors (Lipinski definition) is 0. The van der Waals surface area contributed by atoms with Gasteiger partial charge in [-0.05, 0) is 87.0 Å². The van der Waals surface area contributed by atoms with Gasteiger partial charge in [-0.2, -0.15) is 0 Å². The normalized spacial score (nSPS) is 20.0. The van der Waals surface area contributed by atoms with Gasteiger partial charge in [0.25, 0.3) is 0 Å². The highest BCUT2D eigenvalue weighted by atomic mass is 29.4. The molecule has 0 unspecified atom stereocenters. The predicted octanol–water partition coefficient (Wildman–Crippen LogP) is 11.7. The van der Waals surface area contributed by atoms with Gasteiger partial charge in [0, 0.05) is 7.41 Å². The van der Waals surface area contributed by atoms with Gasteiger partial charge in [-0.3, -0.25) is 0 Å². The molecule has 4 heteroatoms. The maximum atomic E-state index is 2.81. The lowest BCUT2D eigenvalue weighted by Crippen LogP contribution is -2.63. The Hall–Kier alpha value is -0.844. The summed E-state index contributed by atoms with van der Waals surface area (Å²) in [4.78, 5) is 0. The van der Waals surface area contributed by atoms with Crippen molar-refractivity contribution < 1.29 is 0 Å². The summed E-state index contributed by atoms with van der Waals surface area (Å²) >= 11 is 0. The maximum Gasteiger partial charge on any atom is 0.159 e. The van der Waals surface area contributed by atoms with Crippen LogP contribution in [0.5, 0.6) is 0 Å². The molecule has 0 aliphatic carbocycles. The highest BCUT2D eigenvalue weighted by Crippen LogP contribution is 2.47. The Kier molecular flexibility index (Phi) is 12.1. The van der Waals surface area contributed by atoms with Crippen LogP contribution in [0.4, 0.5) is 0 Å². The van der Waals surface area contributed by atoms with Crippen LogP contribution in [0.1, 0.15) is 190 Å². The molecule has 2 aromatic rings. The monoisotopic (exact) mass is 656 g/mol. The largest absolute Gasteiger partial charge is 0.159 e. The molecule has 0 saturated carbocycles. The summed E-state index contributed by atoms with van der Waals surface area (Å²) in [6.07, 6.45) is 9.89. The molecule has 2 heterocycles. The fourth-order valence-corrected chi connectivity index (χ4v) is 37.2. The summed E-state index contributed by atoms with van der Waals surface area (Å²) in [5, 5.41) is 3.88. The van der Waals surface area contributed by atoms with E-state index in [1.54, 1.807) is 33.4 Å². The SMILES string of the molecule is CC(C)c1cc(C(C)C)c([Si](B2C3CCCC2CCC3)=[Si](c2c(C(C)C)cc(C(C)C)cc2C(C)C)[Si](C)(C)C)c(C(C)C)c1. The Labute approximate surface area is 284 Å². The zero-order valence-electron chi connectivity index (χ0n) is 32.2. The van der Waals surface area contributed by atoms with Gasteiger partial charge in [-0.25, -0.2) is 0 Å². The van der Waals surface area contributed by atoms with Crippen molar-refractivity contribution in [2.75, 3.05) is 0 Å². The van der Waals surface area contributed by atoms with Crippen molar-refractivity contribution in [3.8, 4) is 0 Å². The number of hydrogen-bond donors (Lipinski definition) is 0. The number of rotatable bonds is 10. The lowest BCUT2D eigenvalue weighted by atomic mass is 9.42. The lowest BCUT2D eigenvalue weighted by Gasteiger charge is -2.45. The quantitative estimate of drug-likeness (QED) is 0.223. The van der Waals surface area contributed by atoms with E-state index in [0.29, 0.717) is 35.5 Å². The summed E-state index contributed by atoms with van der Waals surface area (Å²) in [5.74, 6) is 5.33. The number of benzene rings is 2. The van der Waals surface area contributed by atoms with Crippen LogP contribution in [0.25, 0.3) is 0 Å². The summed E-state index contributed by atoms with van der Waals surface area (Å²) in [6.45, 7) is 38.2. The molecule has 2 aromatic carbocycles. The molecular formula is C41H69BSi3. The molecule has 0 spiro atoms.